The van der Waals surface area contributed by atoms with Crippen LogP contribution in [0.3, 0.4) is 0 Å². The van der Waals surface area contributed by atoms with Crippen LogP contribution in [-0.4, -0.2) is 34.1 Å². The van der Waals surface area contributed by atoms with E-state index in [1.54, 1.807) is 0 Å². The number of ether oxygens (including phenoxy) is 1. The van der Waals surface area contributed by atoms with Gasteiger partial charge in [-0.25, -0.2) is 0 Å². The van der Waals surface area contributed by atoms with Gasteiger partial charge in [0.15, 0.2) is 7.85 Å². The summed E-state index contributed by atoms with van der Waals surface area (Å²) < 4.78 is 10.9. The fraction of sp³-hybridized carbons (Fsp3) is 0.333. The molecule has 2 heterocycles. The SMILES string of the molecule is Bc1cc2cc(N3CCOCC3)ccc2o1. The van der Waals surface area contributed by atoms with Gasteiger partial charge in [-0.1, -0.05) is 0 Å². The zero-order valence-electron chi connectivity index (χ0n) is 9.40. The lowest BCUT2D eigenvalue weighted by molar-refractivity contribution is 0.122. The first-order chi connectivity index (χ1) is 7.83. The molecule has 0 N–H and O–H groups in total. The van der Waals surface area contributed by atoms with Crippen molar-refractivity contribution < 1.29 is 9.15 Å². The normalized spacial score (nSPS) is 16.9. The maximum Gasteiger partial charge on any atom is 0.186 e. The maximum atomic E-state index is 5.57. The van der Waals surface area contributed by atoms with Crippen molar-refractivity contribution in [1.82, 2.24) is 0 Å². The summed E-state index contributed by atoms with van der Waals surface area (Å²) in [6, 6.07) is 8.44. The number of hydrogen-bond acceptors (Lipinski definition) is 3. The Kier molecular flexibility index (Phi) is 2.37. The van der Waals surface area contributed by atoms with Gasteiger partial charge in [-0.3, -0.25) is 0 Å². The van der Waals surface area contributed by atoms with Crippen LogP contribution in [0.1, 0.15) is 0 Å². The second-order valence-corrected chi connectivity index (χ2v) is 4.18. The van der Waals surface area contributed by atoms with Gasteiger partial charge >= 0.3 is 0 Å². The number of fused-ring (bicyclic) bond motifs is 1. The third-order valence-electron chi connectivity index (χ3n) is 3.00. The van der Waals surface area contributed by atoms with Crippen LogP contribution in [0.4, 0.5) is 5.69 Å². The predicted molar refractivity (Wildman–Crippen MR) is 67.4 cm³/mol. The molecule has 16 heavy (non-hydrogen) atoms. The molecule has 4 heteroatoms. The number of anilines is 1. The highest BCUT2D eigenvalue weighted by Crippen LogP contribution is 2.22. The average Bonchev–Trinajstić information content (AvgIpc) is 2.69. The largest absolute Gasteiger partial charge is 0.472 e. The van der Waals surface area contributed by atoms with Gasteiger partial charge in [0.05, 0.1) is 18.9 Å². The second-order valence-electron chi connectivity index (χ2n) is 4.18. The number of hydrogen-bond donors (Lipinski definition) is 0. The molecule has 0 atom stereocenters. The summed E-state index contributed by atoms with van der Waals surface area (Å²) in [6.45, 7) is 3.59. The minimum absolute atomic E-state index is 0.822. The molecule has 0 radical (unpaired) electrons. The van der Waals surface area contributed by atoms with Crippen molar-refractivity contribution in [2.24, 2.45) is 0 Å². The average molecular weight is 215 g/mol. The van der Waals surface area contributed by atoms with Gasteiger partial charge < -0.3 is 14.1 Å². The van der Waals surface area contributed by atoms with Crippen LogP contribution < -0.4 is 10.6 Å². The molecule has 0 bridgehead atoms. The van der Waals surface area contributed by atoms with E-state index in [2.05, 4.69) is 23.1 Å². The Hall–Kier alpha value is -1.42. The molecule has 2 aromatic rings. The molecule has 0 unspecified atom stereocenters. The molecule has 82 valence electrons. The Morgan fingerprint density at radius 1 is 1.12 bits per heavy atom. The number of nitrogens with zero attached hydrogens (tertiary/aromatic N) is 1. The van der Waals surface area contributed by atoms with Crippen molar-refractivity contribution in [1.29, 1.82) is 0 Å². The van der Waals surface area contributed by atoms with Gasteiger partial charge in [0, 0.05) is 24.2 Å². The van der Waals surface area contributed by atoms with Crippen LogP contribution in [-0.2, 0) is 4.74 Å². The Morgan fingerprint density at radius 3 is 2.75 bits per heavy atom. The van der Waals surface area contributed by atoms with Crippen molar-refractivity contribution in [2.45, 2.75) is 0 Å². The lowest BCUT2D eigenvalue weighted by Crippen LogP contribution is -2.36. The summed E-state index contributed by atoms with van der Waals surface area (Å²) in [4.78, 5) is 2.35. The molecule has 0 saturated carbocycles. The Bertz CT molecular complexity index is 503. The number of rotatable bonds is 1. The zero-order valence-corrected chi connectivity index (χ0v) is 9.40. The highest BCUT2D eigenvalue weighted by Gasteiger charge is 2.12. The highest BCUT2D eigenvalue weighted by molar-refractivity contribution is 6.31. The van der Waals surface area contributed by atoms with E-state index in [4.69, 9.17) is 9.15 Å². The van der Waals surface area contributed by atoms with Crippen LogP contribution >= 0.6 is 0 Å². The lowest BCUT2D eigenvalue weighted by atomic mass is 10.1. The molecule has 1 aromatic heterocycles. The molecule has 1 saturated heterocycles. The smallest absolute Gasteiger partial charge is 0.186 e. The summed E-state index contributed by atoms with van der Waals surface area (Å²) in [7, 11) is 1.98. The van der Waals surface area contributed by atoms with E-state index < -0.39 is 0 Å². The standard InChI is InChI=1S/C12H14BNO2/c13-12-8-9-7-10(1-2-11(9)16-12)14-3-5-15-6-4-14/h1-2,7-8H,3-6,13H2. The van der Waals surface area contributed by atoms with Crippen molar-refractivity contribution >= 4 is 30.2 Å². The van der Waals surface area contributed by atoms with Gasteiger partial charge in [-0.05, 0) is 24.3 Å². The molecular weight excluding hydrogens is 201 g/mol. The molecule has 0 amide bonds. The number of morpholine rings is 1. The number of furan rings is 1. The minimum Gasteiger partial charge on any atom is -0.472 e. The van der Waals surface area contributed by atoms with Crippen molar-refractivity contribution in [3.8, 4) is 0 Å². The first-order valence-corrected chi connectivity index (χ1v) is 5.66. The van der Waals surface area contributed by atoms with Crippen LogP contribution in [0, 0.1) is 0 Å². The van der Waals surface area contributed by atoms with Crippen LogP contribution in [0.25, 0.3) is 11.0 Å². The maximum absolute atomic E-state index is 5.57. The Balaban J connectivity index is 1.97. The van der Waals surface area contributed by atoms with E-state index in [0.29, 0.717) is 0 Å². The summed E-state index contributed by atoms with van der Waals surface area (Å²) in [5.41, 5.74) is 3.19. The highest BCUT2D eigenvalue weighted by atomic mass is 16.5. The lowest BCUT2D eigenvalue weighted by Gasteiger charge is -2.28. The van der Waals surface area contributed by atoms with Gasteiger partial charge in [-0.15, -0.1) is 0 Å². The van der Waals surface area contributed by atoms with Crippen molar-refractivity contribution in [3.05, 3.63) is 24.3 Å². The second kappa shape index (κ2) is 3.87. The summed E-state index contributed by atoms with van der Waals surface area (Å²) in [6.07, 6.45) is 0. The van der Waals surface area contributed by atoms with E-state index in [1.807, 2.05) is 13.9 Å². The summed E-state index contributed by atoms with van der Waals surface area (Å²) in [5, 5.41) is 1.18. The van der Waals surface area contributed by atoms with Gasteiger partial charge in [0.1, 0.15) is 5.58 Å². The first kappa shape index (κ1) is 9.79. The summed E-state index contributed by atoms with van der Waals surface area (Å²) in [5.74, 6) is 0. The van der Waals surface area contributed by atoms with Crippen LogP contribution in [0.5, 0.6) is 0 Å². The van der Waals surface area contributed by atoms with E-state index in [0.717, 1.165) is 37.5 Å². The van der Waals surface area contributed by atoms with Crippen molar-refractivity contribution in [3.63, 3.8) is 0 Å². The van der Waals surface area contributed by atoms with E-state index in [1.165, 1.54) is 11.1 Å². The molecule has 0 spiro atoms. The Labute approximate surface area is 95.4 Å². The summed E-state index contributed by atoms with van der Waals surface area (Å²) >= 11 is 0. The third-order valence-corrected chi connectivity index (χ3v) is 3.00. The van der Waals surface area contributed by atoms with Gasteiger partial charge in [-0.2, -0.15) is 0 Å². The van der Waals surface area contributed by atoms with E-state index in [9.17, 15) is 0 Å². The predicted octanol–water partition coefficient (Wildman–Crippen LogP) is 0.528. The van der Waals surface area contributed by atoms with Crippen LogP contribution in [0.15, 0.2) is 28.7 Å². The van der Waals surface area contributed by atoms with Crippen LogP contribution in [0.2, 0.25) is 0 Å². The first-order valence-electron chi connectivity index (χ1n) is 5.66. The monoisotopic (exact) mass is 215 g/mol. The molecule has 1 aliphatic rings. The third kappa shape index (κ3) is 1.69. The molecule has 1 fully saturated rings. The van der Waals surface area contributed by atoms with Gasteiger partial charge in [0.25, 0.3) is 0 Å². The molecule has 3 rings (SSSR count). The fourth-order valence-corrected chi connectivity index (χ4v) is 2.18. The molecule has 1 aromatic carbocycles. The molecule has 0 aliphatic carbocycles. The van der Waals surface area contributed by atoms with E-state index in [-0.39, 0.29) is 0 Å². The zero-order chi connectivity index (χ0) is 11.0. The van der Waals surface area contributed by atoms with Gasteiger partial charge in [0.2, 0.25) is 0 Å². The van der Waals surface area contributed by atoms with E-state index >= 15 is 0 Å². The molecular formula is C12H14BNO2. The molecule has 1 aliphatic heterocycles. The minimum atomic E-state index is 0.822. The number of benzene rings is 1. The Morgan fingerprint density at radius 2 is 1.94 bits per heavy atom. The molecule has 3 nitrogen and oxygen atoms in total. The fourth-order valence-electron chi connectivity index (χ4n) is 2.18. The van der Waals surface area contributed by atoms with Crippen molar-refractivity contribution in [2.75, 3.05) is 31.2 Å². The topological polar surface area (TPSA) is 25.6 Å². The quantitative estimate of drug-likeness (QED) is 0.649.